The third kappa shape index (κ3) is 2.10. The molecule has 0 atom stereocenters. The van der Waals surface area contributed by atoms with E-state index in [9.17, 15) is 4.79 Å². The number of methoxy groups -OCH3 is 1. The molecule has 0 bridgehead atoms. The number of benzene rings is 1. The van der Waals surface area contributed by atoms with Crippen molar-refractivity contribution in [1.82, 2.24) is 0 Å². The van der Waals surface area contributed by atoms with E-state index in [2.05, 4.69) is 0 Å². The molecular weight excluding hydrogens is 208 g/mol. The van der Waals surface area contributed by atoms with Crippen LogP contribution >= 0.6 is 0 Å². The van der Waals surface area contributed by atoms with Crippen LogP contribution in [0.25, 0.3) is 0 Å². The van der Waals surface area contributed by atoms with E-state index in [4.69, 9.17) is 14.6 Å². The summed E-state index contributed by atoms with van der Waals surface area (Å²) < 4.78 is 10.8. The average Bonchev–Trinajstić information content (AvgIpc) is 2.22. The molecule has 1 aromatic rings. The second-order valence-electron chi connectivity index (χ2n) is 3.90. The molecule has 1 aliphatic rings. The normalized spacial score (nSPS) is 23.3. The largest absolute Gasteiger partial charge is 0.493 e. The van der Waals surface area contributed by atoms with Crippen molar-refractivity contribution >= 4 is 5.97 Å². The molecule has 0 aromatic heterocycles. The number of hydrogen-bond donors (Lipinski definition) is 1. The Morgan fingerprint density at radius 2 is 1.94 bits per heavy atom. The van der Waals surface area contributed by atoms with Gasteiger partial charge in [-0.05, 0) is 25.0 Å². The van der Waals surface area contributed by atoms with Crippen LogP contribution in [0.2, 0.25) is 0 Å². The average molecular weight is 222 g/mol. The number of carboxylic acid groups (broad SMARTS) is 1. The molecule has 2 rings (SSSR count). The lowest BCUT2D eigenvalue weighted by Crippen LogP contribution is -2.38. The van der Waals surface area contributed by atoms with Gasteiger partial charge in [0.2, 0.25) is 0 Å². The fraction of sp³-hybridized carbons (Fsp3) is 0.417. The highest BCUT2D eigenvalue weighted by atomic mass is 16.5. The van der Waals surface area contributed by atoms with Gasteiger partial charge in [-0.3, -0.25) is 4.79 Å². The van der Waals surface area contributed by atoms with Gasteiger partial charge in [0.25, 0.3) is 0 Å². The minimum atomic E-state index is -0.736. The Morgan fingerprint density at radius 1 is 1.31 bits per heavy atom. The summed E-state index contributed by atoms with van der Waals surface area (Å²) in [6.45, 7) is 0. The van der Waals surface area contributed by atoms with Crippen LogP contribution in [0.3, 0.4) is 0 Å². The van der Waals surface area contributed by atoms with Crippen LogP contribution in [0, 0.1) is 5.92 Å². The van der Waals surface area contributed by atoms with Crippen molar-refractivity contribution in [2.75, 3.05) is 7.11 Å². The van der Waals surface area contributed by atoms with Gasteiger partial charge >= 0.3 is 5.97 Å². The van der Waals surface area contributed by atoms with Crippen molar-refractivity contribution in [3.05, 3.63) is 24.3 Å². The van der Waals surface area contributed by atoms with Crippen LogP contribution in [0.1, 0.15) is 12.8 Å². The van der Waals surface area contributed by atoms with Crippen molar-refractivity contribution in [3.63, 3.8) is 0 Å². The molecule has 1 N–H and O–H groups in total. The van der Waals surface area contributed by atoms with E-state index >= 15 is 0 Å². The molecule has 0 heterocycles. The molecule has 1 saturated carbocycles. The van der Waals surface area contributed by atoms with Crippen LogP contribution < -0.4 is 9.47 Å². The van der Waals surface area contributed by atoms with E-state index < -0.39 is 5.97 Å². The van der Waals surface area contributed by atoms with Crippen molar-refractivity contribution in [2.45, 2.75) is 18.9 Å². The molecular formula is C12H14O4. The zero-order chi connectivity index (χ0) is 11.5. The first kappa shape index (κ1) is 10.8. The predicted molar refractivity (Wildman–Crippen MR) is 57.8 cm³/mol. The summed E-state index contributed by atoms with van der Waals surface area (Å²) in [6, 6.07) is 7.38. The third-order valence-electron chi connectivity index (χ3n) is 2.81. The Morgan fingerprint density at radius 3 is 2.50 bits per heavy atom. The van der Waals surface area contributed by atoms with E-state index in [-0.39, 0.29) is 12.0 Å². The number of carboxylic acids is 1. The van der Waals surface area contributed by atoms with Gasteiger partial charge in [-0.25, -0.2) is 0 Å². The minimum absolute atomic E-state index is 0.00241. The number of ether oxygens (including phenoxy) is 2. The van der Waals surface area contributed by atoms with Gasteiger partial charge in [0, 0.05) is 0 Å². The predicted octanol–water partition coefficient (Wildman–Crippen LogP) is 1.94. The van der Waals surface area contributed by atoms with E-state index in [1.807, 2.05) is 24.3 Å². The smallest absolute Gasteiger partial charge is 0.306 e. The summed E-state index contributed by atoms with van der Waals surface area (Å²) in [7, 11) is 1.59. The van der Waals surface area contributed by atoms with Crippen LogP contribution in [-0.2, 0) is 4.79 Å². The molecule has 4 heteroatoms. The monoisotopic (exact) mass is 222 g/mol. The van der Waals surface area contributed by atoms with Crippen molar-refractivity contribution < 1.29 is 19.4 Å². The Labute approximate surface area is 93.8 Å². The SMILES string of the molecule is COc1ccccc1O[C@H]1C[C@H](C(=O)O)C1. The molecule has 1 fully saturated rings. The standard InChI is InChI=1S/C12H14O4/c1-15-10-4-2-3-5-11(10)16-9-6-8(7-9)12(13)14/h2-5,8-9H,6-7H2,1H3,(H,13,14)/t8-,9-. The summed E-state index contributed by atoms with van der Waals surface area (Å²) in [5.41, 5.74) is 0. The van der Waals surface area contributed by atoms with Crippen molar-refractivity contribution in [1.29, 1.82) is 0 Å². The maximum absolute atomic E-state index is 10.6. The van der Waals surface area contributed by atoms with Gasteiger partial charge in [-0.2, -0.15) is 0 Å². The topological polar surface area (TPSA) is 55.8 Å². The molecule has 0 unspecified atom stereocenters. The number of rotatable bonds is 4. The Kier molecular flexibility index (Phi) is 2.99. The van der Waals surface area contributed by atoms with E-state index in [1.165, 1.54) is 0 Å². The molecule has 4 nitrogen and oxygen atoms in total. The van der Waals surface area contributed by atoms with Gasteiger partial charge in [-0.1, -0.05) is 12.1 Å². The molecule has 16 heavy (non-hydrogen) atoms. The lowest BCUT2D eigenvalue weighted by Gasteiger charge is -2.32. The molecule has 0 aliphatic heterocycles. The third-order valence-corrected chi connectivity index (χ3v) is 2.81. The summed E-state index contributed by atoms with van der Waals surface area (Å²) in [5, 5.41) is 8.74. The first-order valence-corrected chi connectivity index (χ1v) is 5.23. The zero-order valence-electron chi connectivity index (χ0n) is 9.05. The number of carbonyl (C=O) groups is 1. The number of aliphatic carboxylic acids is 1. The molecule has 0 saturated heterocycles. The summed E-state index contributed by atoms with van der Waals surface area (Å²) in [6.07, 6.45) is 1.15. The van der Waals surface area contributed by atoms with E-state index in [0.29, 0.717) is 24.3 Å². The summed E-state index contributed by atoms with van der Waals surface area (Å²) in [4.78, 5) is 10.6. The first-order chi connectivity index (χ1) is 7.70. The maximum atomic E-state index is 10.6. The second kappa shape index (κ2) is 4.43. The Hall–Kier alpha value is -1.71. The van der Waals surface area contributed by atoms with Crippen LogP contribution in [0.4, 0.5) is 0 Å². The Balaban J connectivity index is 1.93. The van der Waals surface area contributed by atoms with E-state index in [1.54, 1.807) is 7.11 Å². The molecule has 1 aromatic carbocycles. The quantitative estimate of drug-likeness (QED) is 0.845. The van der Waals surface area contributed by atoms with Gasteiger partial charge in [0.15, 0.2) is 11.5 Å². The highest BCUT2D eigenvalue weighted by molar-refractivity contribution is 5.71. The molecule has 86 valence electrons. The molecule has 0 amide bonds. The fourth-order valence-electron chi connectivity index (χ4n) is 1.76. The second-order valence-corrected chi connectivity index (χ2v) is 3.90. The summed E-state index contributed by atoms with van der Waals surface area (Å²) >= 11 is 0. The van der Waals surface area contributed by atoms with Gasteiger partial charge in [0.05, 0.1) is 13.0 Å². The number of hydrogen-bond acceptors (Lipinski definition) is 3. The highest BCUT2D eigenvalue weighted by Gasteiger charge is 2.36. The molecule has 1 aliphatic carbocycles. The lowest BCUT2D eigenvalue weighted by molar-refractivity contribution is -0.147. The zero-order valence-corrected chi connectivity index (χ0v) is 9.05. The van der Waals surface area contributed by atoms with Gasteiger partial charge in [0.1, 0.15) is 6.10 Å². The van der Waals surface area contributed by atoms with Crippen molar-refractivity contribution in [2.24, 2.45) is 5.92 Å². The van der Waals surface area contributed by atoms with Crippen molar-refractivity contribution in [3.8, 4) is 11.5 Å². The van der Waals surface area contributed by atoms with Crippen LogP contribution in [0.5, 0.6) is 11.5 Å². The lowest BCUT2D eigenvalue weighted by atomic mass is 9.82. The fourth-order valence-corrected chi connectivity index (χ4v) is 1.76. The Bertz CT molecular complexity index is 382. The highest BCUT2D eigenvalue weighted by Crippen LogP contribution is 2.35. The first-order valence-electron chi connectivity index (χ1n) is 5.23. The molecule has 0 radical (unpaired) electrons. The summed E-state index contributed by atoms with van der Waals surface area (Å²) in [5.74, 6) is 0.375. The number of para-hydroxylation sites is 2. The van der Waals surface area contributed by atoms with Crippen LogP contribution in [0.15, 0.2) is 24.3 Å². The maximum Gasteiger partial charge on any atom is 0.306 e. The molecule has 0 spiro atoms. The van der Waals surface area contributed by atoms with E-state index in [0.717, 1.165) is 0 Å². The van der Waals surface area contributed by atoms with Gasteiger partial charge in [-0.15, -0.1) is 0 Å². The van der Waals surface area contributed by atoms with Gasteiger partial charge < -0.3 is 14.6 Å². The van der Waals surface area contributed by atoms with Crippen LogP contribution in [-0.4, -0.2) is 24.3 Å². The minimum Gasteiger partial charge on any atom is -0.493 e.